The minimum atomic E-state index is -2.81. The number of hydrogen-bond acceptors (Lipinski definition) is 6. The van der Waals surface area contributed by atoms with Crippen LogP contribution >= 0.6 is 0 Å². The van der Waals surface area contributed by atoms with Crippen LogP contribution in [0.3, 0.4) is 0 Å². The number of nitrogens with zero attached hydrogens (tertiary/aromatic N) is 1. The van der Waals surface area contributed by atoms with Crippen molar-refractivity contribution in [3.8, 4) is 0 Å². The van der Waals surface area contributed by atoms with Crippen LogP contribution < -0.4 is 5.32 Å². The van der Waals surface area contributed by atoms with Crippen LogP contribution in [0.5, 0.6) is 0 Å². The molecule has 108 valence electrons. The van der Waals surface area contributed by atoms with Crippen molar-refractivity contribution >= 4 is 12.3 Å². The summed E-state index contributed by atoms with van der Waals surface area (Å²) in [5, 5.41) is 30.0. The first kappa shape index (κ1) is 14.1. The molecule has 0 saturated carbocycles. The van der Waals surface area contributed by atoms with Crippen molar-refractivity contribution in [3.63, 3.8) is 0 Å². The van der Waals surface area contributed by atoms with Crippen molar-refractivity contribution in [1.82, 2.24) is 10.2 Å². The molecule has 9 heteroatoms. The molecule has 2 fully saturated rings. The van der Waals surface area contributed by atoms with Gasteiger partial charge < -0.3 is 25.4 Å². The Morgan fingerprint density at radius 1 is 1.58 bits per heavy atom. The first-order valence-corrected chi connectivity index (χ1v) is 5.79. The molecule has 0 aromatic heterocycles. The zero-order valence-corrected chi connectivity index (χ0v) is 9.90. The second-order valence-electron chi connectivity index (χ2n) is 4.55. The average molecular weight is 278 g/mol. The Kier molecular flexibility index (Phi) is 3.72. The van der Waals surface area contributed by atoms with Crippen molar-refractivity contribution in [1.29, 1.82) is 0 Å². The molecule has 0 bridgehead atoms. The van der Waals surface area contributed by atoms with E-state index in [9.17, 15) is 24.2 Å². The van der Waals surface area contributed by atoms with E-state index in [1.54, 1.807) is 0 Å². The molecule has 2 saturated heterocycles. The van der Waals surface area contributed by atoms with E-state index < -0.39 is 43.0 Å². The number of rotatable bonds is 3. The van der Waals surface area contributed by atoms with E-state index in [0.29, 0.717) is 0 Å². The lowest BCUT2D eigenvalue weighted by Gasteiger charge is -2.37. The fourth-order valence-corrected chi connectivity index (χ4v) is 2.24. The van der Waals surface area contributed by atoms with Gasteiger partial charge in [-0.3, -0.25) is 9.69 Å². The highest BCUT2D eigenvalue weighted by Crippen LogP contribution is 2.35. The second kappa shape index (κ2) is 5.00. The Morgan fingerprint density at radius 3 is 2.79 bits per heavy atom. The standard InChI is InChI=1S/C10H15FN2O6/c11-10(4-15)7(17)5(3-14)19-8(10)13-2-1-6(16)12-9(13)18/h4-8,14,16-17H,1-3H2,(H,12,18)/t5-,6?,7-,8-,10-/m1/s1. The van der Waals surface area contributed by atoms with Crippen LogP contribution in [0, 0.1) is 0 Å². The lowest BCUT2D eigenvalue weighted by molar-refractivity contribution is -0.136. The molecule has 2 aliphatic rings. The molecule has 8 nitrogen and oxygen atoms in total. The molecule has 2 rings (SSSR count). The summed E-state index contributed by atoms with van der Waals surface area (Å²) >= 11 is 0. The molecule has 2 amide bonds. The van der Waals surface area contributed by atoms with Crippen molar-refractivity contribution in [2.24, 2.45) is 0 Å². The SMILES string of the molecule is O=C[C@@]1(F)[C@H](O)[C@@H](CO)O[C@H]1N1CCC(O)NC1=O. The summed E-state index contributed by atoms with van der Waals surface area (Å²) in [6.07, 6.45) is -5.84. The van der Waals surface area contributed by atoms with E-state index >= 15 is 0 Å². The first-order chi connectivity index (χ1) is 8.93. The van der Waals surface area contributed by atoms with E-state index in [2.05, 4.69) is 5.32 Å². The van der Waals surface area contributed by atoms with Gasteiger partial charge in [0.1, 0.15) is 18.4 Å². The summed E-state index contributed by atoms with van der Waals surface area (Å²) in [6, 6.07) is -0.807. The van der Waals surface area contributed by atoms with Gasteiger partial charge in [-0.05, 0) is 0 Å². The number of aldehydes is 1. The van der Waals surface area contributed by atoms with Crippen LogP contribution in [0.15, 0.2) is 0 Å². The molecule has 0 aromatic carbocycles. The minimum Gasteiger partial charge on any atom is -0.394 e. The van der Waals surface area contributed by atoms with Gasteiger partial charge in [-0.25, -0.2) is 9.18 Å². The van der Waals surface area contributed by atoms with Crippen LogP contribution in [0.1, 0.15) is 6.42 Å². The molecule has 1 unspecified atom stereocenters. The zero-order chi connectivity index (χ0) is 14.2. The van der Waals surface area contributed by atoms with E-state index in [-0.39, 0.29) is 19.3 Å². The summed E-state index contributed by atoms with van der Waals surface area (Å²) in [7, 11) is 0. The van der Waals surface area contributed by atoms with E-state index in [4.69, 9.17) is 9.84 Å². The number of nitrogens with one attached hydrogen (secondary N) is 1. The van der Waals surface area contributed by atoms with Crippen molar-refractivity contribution in [2.75, 3.05) is 13.2 Å². The molecule has 4 N–H and O–H groups in total. The quantitative estimate of drug-likeness (QED) is 0.431. The minimum absolute atomic E-state index is 0.0396. The molecule has 0 aromatic rings. The van der Waals surface area contributed by atoms with Crippen LogP contribution in [0.2, 0.25) is 0 Å². The number of aliphatic hydroxyl groups is 3. The number of carbonyl (C=O) groups excluding carboxylic acids is 2. The van der Waals surface area contributed by atoms with Gasteiger partial charge in [0.05, 0.1) is 6.61 Å². The third kappa shape index (κ3) is 2.18. The van der Waals surface area contributed by atoms with Gasteiger partial charge in [-0.1, -0.05) is 0 Å². The zero-order valence-electron chi connectivity index (χ0n) is 9.90. The van der Waals surface area contributed by atoms with Gasteiger partial charge in [0.25, 0.3) is 0 Å². The second-order valence-corrected chi connectivity index (χ2v) is 4.55. The smallest absolute Gasteiger partial charge is 0.321 e. The molecule has 0 spiro atoms. The van der Waals surface area contributed by atoms with Crippen LogP contribution in [0.4, 0.5) is 9.18 Å². The Bertz CT molecular complexity index is 383. The van der Waals surface area contributed by atoms with E-state index in [1.807, 2.05) is 0 Å². The lowest BCUT2D eigenvalue weighted by atomic mass is 9.97. The number of aliphatic hydroxyl groups excluding tert-OH is 3. The predicted molar refractivity (Wildman–Crippen MR) is 57.5 cm³/mol. The molecular formula is C10H15FN2O6. The van der Waals surface area contributed by atoms with Crippen LogP contribution in [-0.4, -0.2) is 76.0 Å². The number of hydrogen-bond donors (Lipinski definition) is 4. The Morgan fingerprint density at radius 2 is 2.26 bits per heavy atom. The number of ether oxygens (including phenoxy) is 1. The van der Waals surface area contributed by atoms with Crippen molar-refractivity contribution < 1.29 is 34.0 Å². The maximum Gasteiger partial charge on any atom is 0.321 e. The highest BCUT2D eigenvalue weighted by atomic mass is 19.1. The summed E-state index contributed by atoms with van der Waals surface area (Å²) in [5.41, 5.74) is -2.81. The number of amides is 2. The highest BCUT2D eigenvalue weighted by Gasteiger charge is 2.60. The van der Waals surface area contributed by atoms with E-state index in [1.165, 1.54) is 0 Å². The van der Waals surface area contributed by atoms with Gasteiger partial charge in [-0.2, -0.15) is 0 Å². The molecule has 0 radical (unpaired) electrons. The molecule has 5 atom stereocenters. The third-order valence-electron chi connectivity index (χ3n) is 3.33. The highest BCUT2D eigenvalue weighted by molar-refractivity contribution is 5.77. The Hall–Kier alpha value is -1.29. The monoisotopic (exact) mass is 278 g/mol. The summed E-state index contributed by atoms with van der Waals surface area (Å²) < 4.78 is 19.5. The third-order valence-corrected chi connectivity index (χ3v) is 3.33. The summed E-state index contributed by atoms with van der Waals surface area (Å²) in [4.78, 5) is 23.4. The topological polar surface area (TPSA) is 119 Å². The number of urea groups is 1. The maximum absolute atomic E-state index is 14.5. The fraction of sp³-hybridized carbons (Fsp3) is 0.800. The summed E-state index contributed by atoms with van der Waals surface area (Å²) in [6.45, 7) is -0.725. The van der Waals surface area contributed by atoms with Gasteiger partial charge in [-0.15, -0.1) is 0 Å². The van der Waals surface area contributed by atoms with Crippen molar-refractivity contribution in [2.45, 2.75) is 36.8 Å². The summed E-state index contributed by atoms with van der Waals surface area (Å²) in [5.74, 6) is 0. The van der Waals surface area contributed by atoms with Crippen molar-refractivity contribution in [3.05, 3.63) is 0 Å². The lowest BCUT2D eigenvalue weighted by Crippen LogP contribution is -2.61. The molecule has 2 heterocycles. The van der Waals surface area contributed by atoms with Gasteiger partial charge in [0.2, 0.25) is 5.67 Å². The number of carbonyl (C=O) groups is 2. The van der Waals surface area contributed by atoms with Crippen LogP contribution in [0.25, 0.3) is 0 Å². The first-order valence-electron chi connectivity index (χ1n) is 5.79. The molecule has 2 aliphatic heterocycles. The normalized spacial score (nSPS) is 43.2. The van der Waals surface area contributed by atoms with E-state index in [0.717, 1.165) is 4.90 Å². The number of alkyl halides is 1. The molecule has 19 heavy (non-hydrogen) atoms. The van der Waals surface area contributed by atoms with Crippen LogP contribution in [-0.2, 0) is 9.53 Å². The van der Waals surface area contributed by atoms with Gasteiger partial charge in [0.15, 0.2) is 12.5 Å². The molecule has 0 aliphatic carbocycles. The Balaban J connectivity index is 2.23. The average Bonchev–Trinajstić information content (AvgIpc) is 2.63. The fourth-order valence-electron chi connectivity index (χ4n) is 2.24. The van der Waals surface area contributed by atoms with Gasteiger partial charge in [0, 0.05) is 13.0 Å². The molecular weight excluding hydrogens is 263 g/mol. The largest absolute Gasteiger partial charge is 0.394 e. The Labute approximate surface area is 107 Å². The maximum atomic E-state index is 14.5. The van der Waals surface area contributed by atoms with Gasteiger partial charge >= 0.3 is 6.03 Å². The number of halogens is 1. The predicted octanol–water partition coefficient (Wildman–Crippen LogP) is -2.29.